The van der Waals surface area contributed by atoms with Crippen LogP contribution in [-0.4, -0.2) is 42.1 Å². The first kappa shape index (κ1) is 13.9. The summed E-state index contributed by atoms with van der Waals surface area (Å²) in [6, 6.07) is 4.81. The van der Waals surface area contributed by atoms with Gasteiger partial charge in [0.05, 0.1) is 11.1 Å². The summed E-state index contributed by atoms with van der Waals surface area (Å²) in [6.07, 6.45) is 4.55. The van der Waals surface area contributed by atoms with E-state index in [1.807, 2.05) is 0 Å². The summed E-state index contributed by atoms with van der Waals surface area (Å²) >= 11 is 0. The van der Waals surface area contributed by atoms with Crippen molar-refractivity contribution in [2.75, 3.05) is 0 Å². The van der Waals surface area contributed by atoms with Crippen molar-refractivity contribution in [1.29, 1.82) is 0 Å². The second-order valence-corrected chi connectivity index (χ2v) is 5.04. The molecule has 0 amide bonds. The lowest BCUT2D eigenvalue weighted by Crippen LogP contribution is -2.11. The highest BCUT2D eigenvalue weighted by Gasteiger charge is 2.22. The van der Waals surface area contributed by atoms with Crippen molar-refractivity contribution < 1.29 is 19.8 Å². The number of fused-ring (bicyclic) bond motifs is 6. The predicted molar refractivity (Wildman–Crippen MR) is 84.1 cm³/mol. The molecule has 4 rings (SSSR count). The molecule has 0 spiro atoms. The van der Waals surface area contributed by atoms with Crippen LogP contribution in [0.1, 0.15) is 20.8 Å². The van der Waals surface area contributed by atoms with Crippen LogP contribution in [0.15, 0.2) is 36.8 Å². The van der Waals surface area contributed by atoms with Gasteiger partial charge < -0.3 is 10.2 Å². The van der Waals surface area contributed by atoms with Gasteiger partial charge in [0.1, 0.15) is 16.6 Å². The Hall–Kier alpha value is -3.68. The number of carboxylic acid groups (broad SMARTS) is 2. The molecule has 3 aromatic heterocycles. The van der Waals surface area contributed by atoms with Crippen LogP contribution in [0.2, 0.25) is 0 Å². The summed E-state index contributed by atoms with van der Waals surface area (Å²) in [5, 5.41) is 19.7. The maximum Gasteiger partial charge on any atom is 0.355 e. The Bertz CT molecular complexity index is 1080. The highest BCUT2D eigenvalue weighted by atomic mass is 16.4. The normalized spacial score (nSPS) is 11.2. The highest BCUT2D eigenvalue weighted by Crippen LogP contribution is 2.31. The summed E-state index contributed by atoms with van der Waals surface area (Å²) in [5.41, 5.74) is 0.731. The zero-order valence-electron chi connectivity index (χ0n) is 12.0. The molecule has 0 aliphatic rings. The molecule has 1 aromatic carbocycles. The van der Waals surface area contributed by atoms with Crippen LogP contribution in [-0.2, 0) is 0 Å². The van der Waals surface area contributed by atoms with E-state index in [9.17, 15) is 19.8 Å². The average Bonchev–Trinajstić information content (AvgIpc) is 2.60. The lowest BCUT2D eigenvalue weighted by molar-refractivity contribution is 0.0647. The van der Waals surface area contributed by atoms with Crippen molar-refractivity contribution in [2.24, 2.45) is 0 Å². The molecule has 0 fully saturated rings. The van der Waals surface area contributed by atoms with Gasteiger partial charge in [-0.3, -0.25) is 15.0 Å². The number of aromatic nitrogens is 4. The van der Waals surface area contributed by atoms with Crippen LogP contribution in [0.3, 0.4) is 0 Å². The number of carbonyl (C=O) groups is 2. The third-order valence-corrected chi connectivity index (χ3v) is 3.70. The van der Waals surface area contributed by atoms with E-state index in [0.717, 1.165) is 0 Å². The van der Waals surface area contributed by atoms with E-state index in [4.69, 9.17) is 0 Å². The molecule has 0 bridgehead atoms. The van der Waals surface area contributed by atoms with Crippen molar-refractivity contribution >= 4 is 44.8 Å². The standard InChI is InChI=1S/C16H8N4O4/c21-15(22)9-6-8-10-7(2-1-3-17-10)11-14(19-5-4-18-11)12(8)20-13(9)16(23)24/h1-6H,(H,21,22)(H,23,24). The van der Waals surface area contributed by atoms with Gasteiger partial charge in [0.25, 0.3) is 0 Å². The van der Waals surface area contributed by atoms with Gasteiger partial charge in [-0.25, -0.2) is 14.6 Å². The Morgan fingerprint density at radius 3 is 2.21 bits per heavy atom. The van der Waals surface area contributed by atoms with E-state index in [1.54, 1.807) is 18.3 Å². The SMILES string of the molecule is O=C(O)c1cc2c3ncccc3c3nccnc3c2nc1C(=O)O. The first-order chi connectivity index (χ1) is 11.6. The van der Waals surface area contributed by atoms with E-state index < -0.39 is 23.2 Å². The van der Waals surface area contributed by atoms with Gasteiger partial charge in [-0.15, -0.1) is 0 Å². The van der Waals surface area contributed by atoms with Crippen molar-refractivity contribution in [1.82, 2.24) is 19.9 Å². The van der Waals surface area contributed by atoms with Crippen LogP contribution < -0.4 is 0 Å². The lowest BCUT2D eigenvalue weighted by Gasteiger charge is -2.09. The van der Waals surface area contributed by atoms with Crippen molar-refractivity contribution in [3.63, 3.8) is 0 Å². The Morgan fingerprint density at radius 1 is 0.792 bits per heavy atom. The van der Waals surface area contributed by atoms with Gasteiger partial charge in [-0.05, 0) is 18.2 Å². The smallest absolute Gasteiger partial charge is 0.355 e. The summed E-state index contributed by atoms with van der Waals surface area (Å²) in [4.78, 5) is 39.7. The molecule has 0 unspecified atom stereocenters. The largest absolute Gasteiger partial charge is 0.478 e. The lowest BCUT2D eigenvalue weighted by atomic mass is 10.0. The second kappa shape index (κ2) is 4.92. The Balaban J connectivity index is 2.33. The monoisotopic (exact) mass is 320 g/mol. The number of benzene rings is 1. The zero-order chi connectivity index (χ0) is 16.8. The van der Waals surface area contributed by atoms with Gasteiger partial charge in [-0.1, -0.05) is 0 Å². The molecule has 8 heteroatoms. The Kier molecular flexibility index (Phi) is 2.86. The zero-order valence-corrected chi connectivity index (χ0v) is 12.0. The van der Waals surface area contributed by atoms with Crippen LogP contribution in [0.25, 0.3) is 32.8 Å². The van der Waals surface area contributed by atoms with E-state index in [2.05, 4.69) is 19.9 Å². The van der Waals surface area contributed by atoms with Crippen molar-refractivity contribution in [3.8, 4) is 0 Å². The molecule has 116 valence electrons. The number of pyridine rings is 2. The minimum Gasteiger partial charge on any atom is -0.478 e. The van der Waals surface area contributed by atoms with Crippen LogP contribution in [0.5, 0.6) is 0 Å². The average molecular weight is 320 g/mol. The first-order valence-electron chi connectivity index (χ1n) is 6.86. The molecule has 0 saturated carbocycles. The number of aromatic carboxylic acids is 2. The number of carboxylic acids is 2. The molecule has 0 aliphatic heterocycles. The van der Waals surface area contributed by atoms with E-state index >= 15 is 0 Å². The maximum absolute atomic E-state index is 11.4. The summed E-state index contributed by atoms with van der Waals surface area (Å²) in [5.74, 6) is -2.79. The van der Waals surface area contributed by atoms with Gasteiger partial charge in [0.2, 0.25) is 0 Å². The molecule has 4 aromatic rings. The topological polar surface area (TPSA) is 126 Å². The van der Waals surface area contributed by atoms with Crippen LogP contribution in [0.4, 0.5) is 0 Å². The molecule has 0 saturated heterocycles. The number of hydrogen-bond acceptors (Lipinski definition) is 6. The molecular formula is C16H8N4O4. The third-order valence-electron chi connectivity index (χ3n) is 3.70. The van der Waals surface area contributed by atoms with Crippen molar-refractivity contribution in [2.45, 2.75) is 0 Å². The quantitative estimate of drug-likeness (QED) is 0.538. The fraction of sp³-hybridized carbons (Fsp3) is 0. The maximum atomic E-state index is 11.4. The Labute approximate surface area is 133 Å². The Morgan fingerprint density at radius 2 is 1.50 bits per heavy atom. The van der Waals surface area contributed by atoms with Crippen molar-refractivity contribution in [3.05, 3.63) is 48.0 Å². The van der Waals surface area contributed by atoms with E-state index in [1.165, 1.54) is 18.5 Å². The van der Waals surface area contributed by atoms with Crippen LogP contribution >= 0.6 is 0 Å². The highest BCUT2D eigenvalue weighted by molar-refractivity contribution is 6.21. The fourth-order valence-corrected chi connectivity index (χ4v) is 2.72. The van der Waals surface area contributed by atoms with Gasteiger partial charge in [0.15, 0.2) is 5.69 Å². The molecule has 24 heavy (non-hydrogen) atoms. The summed E-state index contributed by atoms with van der Waals surface area (Å²) in [7, 11) is 0. The van der Waals surface area contributed by atoms with Gasteiger partial charge >= 0.3 is 11.9 Å². The number of hydrogen-bond donors (Lipinski definition) is 2. The molecule has 0 aliphatic carbocycles. The summed E-state index contributed by atoms with van der Waals surface area (Å²) in [6.45, 7) is 0. The molecule has 2 N–H and O–H groups in total. The second-order valence-electron chi connectivity index (χ2n) is 5.04. The molecule has 0 radical (unpaired) electrons. The molecule has 3 heterocycles. The minimum absolute atomic E-state index is 0.256. The predicted octanol–water partition coefficient (Wildman–Crippen LogP) is 2.12. The van der Waals surface area contributed by atoms with Crippen LogP contribution in [0, 0.1) is 0 Å². The van der Waals surface area contributed by atoms with E-state index in [0.29, 0.717) is 27.3 Å². The molecule has 8 nitrogen and oxygen atoms in total. The molecule has 0 atom stereocenters. The fourth-order valence-electron chi connectivity index (χ4n) is 2.72. The third kappa shape index (κ3) is 1.86. The van der Waals surface area contributed by atoms with Gasteiger partial charge in [-0.2, -0.15) is 0 Å². The van der Waals surface area contributed by atoms with E-state index in [-0.39, 0.29) is 5.52 Å². The minimum atomic E-state index is -1.42. The number of nitrogens with zero attached hydrogens (tertiary/aromatic N) is 4. The molecular weight excluding hydrogens is 312 g/mol. The number of rotatable bonds is 2. The van der Waals surface area contributed by atoms with Gasteiger partial charge in [0, 0.05) is 29.4 Å². The first-order valence-corrected chi connectivity index (χ1v) is 6.86. The summed E-state index contributed by atoms with van der Waals surface area (Å²) < 4.78 is 0.